The smallest absolute Gasteiger partial charge is 0.131 e. The van der Waals surface area contributed by atoms with Gasteiger partial charge in [-0.1, -0.05) is 12.2 Å². The molecule has 3 N–H and O–H groups in total. The summed E-state index contributed by atoms with van der Waals surface area (Å²) in [4.78, 5) is 16.3. The summed E-state index contributed by atoms with van der Waals surface area (Å²) < 4.78 is 0. The van der Waals surface area contributed by atoms with Crippen LogP contribution >= 0.6 is 0 Å². The minimum atomic E-state index is -0.692. The second kappa shape index (κ2) is 10.1. The van der Waals surface area contributed by atoms with E-state index in [2.05, 4.69) is 47.0 Å². The van der Waals surface area contributed by atoms with Crippen LogP contribution in [0.2, 0.25) is 0 Å². The highest BCUT2D eigenvalue weighted by molar-refractivity contribution is 5.96. The topological polar surface area (TPSA) is 85.1 Å². The van der Waals surface area contributed by atoms with E-state index in [1.165, 1.54) is 18.4 Å². The van der Waals surface area contributed by atoms with Crippen LogP contribution in [0.5, 0.6) is 0 Å². The molecule has 2 unspecified atom stereocenters. The number of fused-ring (bicyclic) bond motifs is 1. The fourth-order valence-electron chi connectivity index (χ4n) is 5.32. The number of aliphatic hydroxyl groups excluding tert-OH is 1. The first-order valence-electron chi connectivity index (χ1n) is 12.9. The van der Waals surface area contributed by atoms with Crippen LogP contribution in [-0.4, -0.2) is 65.0 Å². The molecule has 1 aliphatic carbocycles. The highest BCUT2D eigenvalue weighted by Gasteiger charge is 2.36. The second-order valence-corrected chi connectivity index (χ2v) is 10.4. The molecule has 5 rings (SSSR count). The molecule has 34 heavy (non-hydrogen) atoms. The van der Waals surface area contributed by atoms with Crippen molar-refractivity contribution >= 4 is 17.9 Å². The molecule has 7 heteroatoms. The maximum atomic E-state index is 11.2. The van der Waals surface area contributed by atoms with Gasteiger partial charge in [0.05, 0.1) is 5.69 Å². The predicted molar refractivity (Wildman–Crippen MR) is 138 cm³/mol. The van der Waals surface area contributed by atoms with E-state index >= 15 is 0 Å². The van der Waals surface area contributed by atoms with E-state index < -0.39 is 6.23 Å². The van der Waals surface area contributed by atoms with Crippen molar-refractivity contribution in [1.82, 2.24) is 15.2 Å². The number of amidine groups is 1. The Kier molecular flexibility index (Phi) is 6.95. The van der Waals surface area contributed by atoms with Crippen LogP contribution in [0.3, 0.4) is 0 Å². The van der Waals surface area contributed by atoms with Gasteiger partial charge in [-0.05, 0) is 76.2 Å². The lowest BCUT2D eigenvalue weighted by atomic mass is 9.83. The van der Waals surface area contributed by atoms with Crippen molar-refractivity contribution in [2.75, 3.05) is 25.0 Å². The van der Waals surface area contributed by atoms with E-state index in [0.29, 0.717) is 24.4 Å². The zero-order valence-electron chi connectivity index (χ0n) is 20.5. The summed E-state index contributed by atoms with van der Waals surface area (Å²) >= 11 is 0. The summed E-state index contributed by atoms with van der Waals surface area (Å²) in [6.45, 7) is 11.9. The highest BCUT2D eigenvalue weighted by atomic mass is 16.3. The molecule has 2 atom stereocenters. The Morgan fingerprint density at radius 2 is 1.97 bits per heavy atom. The number of anilines is 1. The van der Waals surface area contributed by atoms with E-state index in [9.17, 15) is 5.11 Å². The van der Waals surface area contributed by atoms with Gasteiger partial charge in [0, 0.05) is 55.4 Å². The molecule has 0 radical (unpaired) electrons. The molecule has 1 aromatic rings. The number of aromatic nitrogens is 1. The number of hydrogen-bond donors (Lipinski definition) is 3. The Hall–Kier alpha value is -2.35. The Morgan fingerprint density at radius 3 is 2.71 bits per heavy atom. The number of hydrogen-bond acceptors (Lipinski definition) is 7. The Balaban J connectivity index is 1.28. The zero-order valence-corrected chi connectivity index (χ0v) is 20.5. The first-order chi connectivity index (χ1) is 16.5. The van der Waals surface area contributed by atoms with Gasteiger partial charge in [0.15, 0.2) is 0 Å². The van der Waals surface area contributed by atoms with Crippen LogP contribution in [0.25, 0.3) is 0 Å². The lowest BCUT2D eigenvalue weighted by molar-refractivity contribution is 0.107. The van der Waals surface area contributed by atoms with Gasteiger partial charge in [0.1, 0.15) is 17.9 Å². The summed E-state index contributed by atoms with van der Waals surface area (Å²) in [5.74, 6) is 2.35. The molecule has 0 aromatic carbocycles. The molecular formula is C27H38N6O. The van der Waals surface area contributed by atoms with Gasteiger partial charge in [0.2, 0.25) is 0 Å². The van der Waals surface area contributed by atoms with Crippen molar-refractivity contribution < 1.29 is 5.11 Å². The van der Waals surface area contributed by atoms with Gasteiger partial charge < -0.3 is 15.3 Å². The third kappa shape index (κ3) is 5.32. The Bertz CT molecular complexity index is 1000. The molecule has 1 aromatic heterocycles. The van der Waals surface area contributed by atoms with Crippen molar-refractivity contribution in [3.05, 3.63) is 47.3 Å². The standard InChI is InChI=1S/C27H38N6O/c1-17(2)33-12-9-21(10-13-33)30-27(34)23-16-29-26(14-22(23)18(3)19-4-5-19)32-25-7-6-20-15-28-11-8-24(20)31-25/h6-7,15-17,19,21-22,27,30,34H,3-5,8-14H2,1-2H3,(H,29,31,32). The SMILES string of the molecule is C=C(C1CC1)C1CC(Nc2ccc3c(n2)CCN=C3)=NC=C1C(O)NC1CCN(C(C)C)CC1. The quantitative estimate of drug-likeness (QED) is 0.427. The number of nitrogens with one attached hydrogen (secondary N) is 2. The number of aliphatic imine (C=N–C) groups is 2. The van der Waals surface area contributed by atoms with Crippen LogP contribution in [0, 0.1) is 11.8 Å². The fraction of sp³-hybridized carbons (Fsp3) is 0.593. The molecule has 1 saturated carbocycles. The number of allylic oxidation sites excluding steroid dienone is 1. The predicted octanol–water partition coefficient (Wildman–Crippen LogP) is 3.52. The van der Waals surface area contributed by atoms with Crippen molar-refractivity contribution in [2.24, 2.45) is 21.8 Å². The summed E-state index contributed by atoms with van der Waals surface area (Å²) in [5, 5.41) is 18.1. The number of pyridine rings is 1. The van der Waals surface area contributed by atoms with Crippen molar-refractivity contribution in [2.45, 2.75) is 70.7 Å². The van der Waals surface area contributed by atoms with Crippen molar-refractivity contribution in [1.29, 1.82) is 0 Å². The molecule has 2 fully saturated rings. The minimum absolute atomic E-state index is 0.0931. The fourth-order valence-corrected chi connectivity index (χ4v) is 5.32. The molecular weight excluding hydrogens is 424 g/mol. The molecule has 4 aliphatic rings. The van der Waals surface area contributed by atoms with Crippen molar-refractivity contribution in [3.8, 4) is 0 Å². The molecule has 3 aliphatic heterocycles. The van der Waals surface area contributed by atoms with E-state index in [0.717, 1.165) is 67.4 Å². The summed E-state index contributed by atoms with van der Waals surface area (Å²) in [5.41, 5.74) is 4.35. The second-order valence-electron chi connectivity index (χ2n) is 10.4. The van der Waals surface area contributed by atoms with Gasteiger partial charge >= 0.3 is 0 Å². The Morgan fingerprint density at radius 1 is 1.18 bits per heavy atom. The molecule has 0 amide bonds. The van der Waals surface area contributed by atoms with Gasteiger partial charge in [0.25, 0.3) is 0 Å². The van der Waals surface area contributed by atoms with Crippen LogP contribution in [0.4, 0.5) is 5.82 Å². The monoisotopic (exact) mass is 462 g/mol. The zero-order chi connectivity index (χ0) is 23.7. The lowest BCUT2D eigenvalue weighted by Gasteiger charge is -2.37. The third-order valence-corrected chi connectivity index (χ3v) is 7.68. The number of nitrogens with zero attached hydrogens (tertiary/aromatic N) is 4. The van der Waals surface area contributed by atoms with Gasteiger partial charge in [-0.15, -0.1) is 0 Å². The number of aliphatic hydroxyl groups is 1. The van der Waals surface area contributed by atoms with E-state index in [4.69, 9.17) is 9.98 Å². The molecule has 1 saturated heterocycles. The average molecular weight is 463 g/mol. The molecule has 0 bridgehead atoms. The molecule has 182 valence electrons. The normalized spacial score (nSPS) is 24.4. The minimum Gasteiger partial charge on any atom is -0.375 e. The van der Waals surface area contributed by atoms with Gasteiger partial charge in [-0.25, -0.2) is 9.98 Å². The number of rotatable bonds is 7. The molecule has 4 heterocycles. The summed E-state index contributed by atoms with van der Waals surface area (Å²) in [6.07, 6.45) is 9.17. The molecule has 7 nitrogen and oxygen atoms in total. The van der Waals surface area contributed by atoms with Crippen LogP contribution in [0.1, 0.15) is 57.2 Å². The van der Waals surface area contributed by atoms with Crippen molar-refractivity contribution in [3.63, 3.8) is 0 Å². The maximum absolute atomic E-state index is 11.2. The molecule has 0 spiro atoms. The summed E-state index contributed by atoms with van der Waals surface area (Å²) in [7, 11) is 0. The van der Waals surface area contributed by atoms with E-state index in [1.54, 1.807) is 0 Å². The average Bonchev–Trinajstić information content (AvgIpc) is 3.69. The number of likely N-dealkylation sites (tertiary alicyclic amines) is 1. The number of piperidine rings is 1. The first-order valence-corrected chi connectivity index (χ1v) is 12.9. The van der Waals surface area contributed by atoms with Gasteiger partial charge in [-0.3, -0.25) is 10.3 Å². The highest BCUT2D eigenvalue weighted by Crippen LogP contribution is 2.43. The van der Waals surface area contributed by atoms with Gasteiger partial charge in [-0.2, -0.15) is 0 Å². The van der Waals surface area contributed by atoms with Crippen LogP contribution in [-0.2, 0) is 6.42 Å². The van der Waals surface area contributed by atoms with Crippen LogP contribution in [0.15, 0.2) is 46.0 Å². The van der Waals surface area contributed by atoms with E-state index in [1.807, 2.05) is 18.5 Å². The first kappa shape index (κ1) is 23.4. The maximum Gasteiger partial charge on any atom is 0.131 e. The summed E-state index contributed by atoms with van der Waals surface area (Å²) in [6, 6.07) is 4.96. The Labute approximate surface area is 203 Å². The van der Waals surface area contributed by atoms with E-state index in [-0.39, 0.29) is 5.92 Å². The largest absolute Gasteiger partial charge is 0.375 e. The van der Waals surface area contributed by atoms with Crippen LogP contribution < -0.4 is 10.6 Å². The third-order valence-electron chi connectivity index (χ3n) is 7.68. The lowest BCUT2D eigenvalue weighted by Crippen LogP contribution is -2.49.